The molecule has 2 atom stereocenters. The van der Waals surface area contributed by atoms with Gasteiger partial charge in [0.15, 0.2) is 0 Å². The van der Waals surface area contributed by atoms with Crippen LogP contribution in [0.5, 0.6) is 0 Å². The molecule has 2 heterocycles. The number of rotatable bonds is 3. The van der Waals surface area contributed by atoms with Gasteiger partial charge in [0.1, 0.15) is 10.7 Å². The third-order valence-corrected chi connectivity index (χ3v) is 5.66. The predicted molar refractivity (Wildman–Crippen MR) is 77.5 cm³/mol. The number of nitrogens with one attached hydrogen (secondary N) is 1. The molecule has 1 aliphatic heterocycles. The topological polar surface area (TPSA) is 91.6 Å². The number of nitrogen functional groups attached to an aromatic ring is 1. The summed E-state index contributed by atoms with van der Waals surface area (Å²) in [6, 6.07) is 3.44. The van der Waals surface area contributed by atoms with Gasteiger partial charge < -0.3 is 5.43 Å². The van der Waals surface area contributed by atoms with Gasteiger partial charge in [0.2, 0.25) is 10.0 Å². The molecule has 0 saturated carbocycles. The Hall–Kier alpha value is -1.22. The van der Waals surface area contributed by atoms with Crippen LogP contribution >= 0.6 is 0 Å². The molecule has 2 rings (SSSR count). The summed E-state index contributed by atoms with van der Waals surface area (Å²) < 4.78 is 26.7. The van der Waals surface area contributed by atoms with Crippen LogP contribution in [0.3, 0.4) is 0 Å². The Kier molecular flexibility index (Phi) is 4.28. The quantitative estimate of drug-likeness (QED) is 0.607. The molecule has 0 spiro atoms. The maximum absolute atomic E-state index is 12.6. The zero-order chi connectivity index (χ0) is 14.9. The van der Waals surface area contributed by atoms with Gasteiger partial charge in [-0.2, -0.15) is 4.31 Å². The maximum atomic E-state index is 12.6. The van der Waals surface area contributed by atoms with E-state index in [0.717, 1.165) is 0 Å². The Morgan fingerprint density at radius 3 is 2.35 bits per heavy atom. The molecular formula is C12H21N5O2S. The molecule has 1 fully saturated rings. The van der Waals surface area contributed by atoms with Crippen LogP contribution < -0.4 is 11.3 Å². The first-order chi connectivity index (χ1) is 9.36. The first-order valence-corrected chi connectivity index (χ1v) is 7.95. The fourth-order valence-electron chi connectivity index (χ4n) is 2.32. The summed E-state index contributed by atoms with van der Waals surface area (Å²) >= 11 is 0. The number of aromatic nitrogens is 1. The van der Waals surface area contributed by atoms with Crippen molar-refractivity contribution in [2.75, 3.05) is 25.6 Å². The minimum atomic E-state index is -3.50. The van der Waals surface area contributed by atoms with Gasteiger partial charge in [0.25, 0.3) is 0 Å². The Morgan fingerprint density at radius 1 is 1.30 bits per heavy atom. The molecule has 0 radical (unpaired) electrons. The predicted octanol–water partition coefficient (Wildman–Crippen LogP) is 0.0803. The number of anilines is 1. The minimum Gasteiger partial charge on any atom is -0.308 e. The Morgan fingerprint density at radius 2 is 1.90 bits per heavy atom. The molecule has 112 valence electrons. The molecule has 0 aliphatic carbocycles. The second-order valence-corrected chi connectivity index (χ2v) is 7.15. The molecular weight excluding hydrogens is 278 g/mol. The second kappa shape index (κ2) is 5.65. The van der Waals surface area contributed by atoms with Gasteiger partial charge in [-0.05, 0) is 33.0 Å². The summed E-state index contributed by atoms with van der Waals surface area (Å²) in [5, 5.41) is 0. The van der Waals surface area contributed by atoms with Crippen molar-refractivity contribution in [2.45, 2.75) is 30.8 Å². The number of hydrazine groups is 1. The van der Waals surface area contributed by atoms with Crippen LogP contribution in [0.25, 0.3) is 0 Å². The van der Waals surface area contributed by atoms with Crippen LogP contribution in [0, 0.1) is 0 Å². The van der Waals surface area contributed by atoms with E-state index in [4.69, 9.17) is 5.84 Å². The zero-order valence-corrected chi connectivity index (χ0v) is 12.8. The molecule has 1 aliphatic rings. The van der Waals surface area contributed by atoms with Crippen LogP contribution in [0.1, 0.15) is 13.8 Å². The van der Waals surface area contributed by atoms with E-state index in [-0.39, 0.29) is 17.0 Å². The average Bonchev–Trinajstić information content (AvgIpc) is 2.44. The van der Waals surface area contributed by atoms with Crippen molar-refractivity contribution in [3.63, 3.8) is 0 Å². The van der Waals surface area contributed by atoms with Gasteiger partial charge in [-0.1, -0.05) is 0 Å². The van der Waals surface area contributed by atoms with E-state index in [9.17, 15) is 8.42 Å². The van der Waals surface area contributed by atoms with Gasteiger partial charge in [-0.15, -0.1) is 0 Å². The van der Waals surface area contributed by atoms with Gasteiger partial charge >= 0.3 is 0 Å². The lowest BCUT2D eigenvalue weighted by molar-refractivity contribution is 0.105. The third-order valence-electron chi connectivity index (χ3n) is 3.85. The summed E-state index contributed by atoms with van der Waals surface area (Å²) in [5.74, 6) is 5.66. The normalized spacial score (nSPS) is 25.6. The monoisotopic (exact) mass is 299 g/mol. The Labute approximate surface area is 119 Å². The van der Waals surface area contributed by atoms with Crippen LogP contribution in [0.15, 0.2) is 23.2 Å². The molecule has 7 nitrogen and oxygen atoms in total. The lowest BCUT2D eigenvalue weighted by Gasteiger charge is -2.41. The number of piperazine rings is 1. The van der Waals surface area contributed by atoms with Crippen molar-refractivity contribution in [2.24, 2.45) is 5.84 Å². The van der Waals surface area contributed by atoms with Gasteiger partial charge in [-0.3, -0.25) is 4.90 Å². The molecule has 0 aromatic carbocycles. The first kappa shape index (κ1) is 15.2. The fourth-order valence-corrected chi connectivity index (χ4v) is 3.87. The largest absolute Gasteiger partial charge is 0.308 e. The number of hydrogen-bond donors (Lipinski definition) is 2. The van der Waals surface area contributed by atoms with Crippen molar-refractivity contribution >= 4 is 15.8 Å². The minimum absolute atomic E-state index is 0.187. The summed E-state index contributed by atoms with van der Waals surface area (Å²) in [6.07, 6.45) is 1.33. The SMILES string of the molecule is CC1CN(S(=O)(=O)c2ccc(NN)nc2)CC(C)N1C. The van der Waals surface area contributed by atoms with Gasteiger partial charge in [0, 0.05) is 31.4 Å². The van der Waals surface area contributed by atoms with Crippen LogP contribution in [0.4, 0.5) is 5.82 Å². The number of pyridine rings is 1. The Bertz CT molecular complexity index is 548. The molecule has 2 unspecified atom stereocenters. The highest BCUT2D eigenvalue weighted by molar-refractivity contribution is 7.89. The molecule has 8 heteroatoms. The molecule has 1 saturated heterocycles. The van der Waals surface area contributed by atoms with Crippen molar-refractivity contribution < 1.29 is 8.42 Å². The van der Waals surface area contributed by atoms with E-state index >= 15 is 0 Å². The molecule has 20 heavy (non-hydrogen) atoms. The highest BCUT2D eigenvalue weighted by Gasteiger charge is 2.34. The van der Waals surface area contributed by atoms with Crippen molar-refractivity contribution in [1.82, 2.24) is 14.2 Å². The molecule has 3 N–H and O–H groups in total. The summed E-state index contributed by atoms with van der Waals surface area (Å²) in [7, 11) is -1.48. The van der Waals surface area contributed by atoms with Crippen molar-refractivity contribution in [1.29, 1.82) is 0 Å². The standard InChI is InChI=1S/C12H21N5O2S/c1-9-7-17(8-10(2)16(9)3)20(18,19)11-4-5-12(15-13)14-6-11/h4-6,9-10H,7-8,13H2,1-3H3,(H,14,15). The van der Waals surface area contributed by atoms with Crippen molar-refractivity contribution in [3.8, 4) is 0 Å². The highest BCUT2D eigenvalue weighted by Crippen LogP contribution is 2.22. The number of hydrogen-bond acceptors (Lipinski definition) is 6. The first-order valence-electron chi connectivity index (χ1n) is 6.51. The van der Waals surface area contributed by atoms with Crippen LogP contribution in [0.2, 0.25) is 0 Å². The van der Waals surface area contributed by atoms with E-state index in [0.29, 0.717) is 18.9 Å². The average molecular weight is 299 g/mol. The number of likely N-dealkylation sites (N-methyl/N-ethyl adjacent to an activating group) is 1. The second-order valence-electron chi connectivity index (χ2n) is 5.21. The number of nitrogens with two attached hydrogens (primary N) is 1. The highest BCUT2D eigenvalue weighted by atomic mass is 32.2. The van der Waals surface area contributed by atoms with Crippen LogP contribution in [-0.2, 0) is 10.0 Å². The number of sulfonamides is 1. The van der Waals surface area contributed by atoms with Crippen LogP contribution in [-0.4, -0.2) is 54.8 Å². The lowest BCUT2D eigenvalue weighted by Crippen LogP contribution is -2.56. The fraction of sp³-hybridized carbons (Fsp3) is 0.583. The molecule has 1 aromatic heterocycles. The van der Waals surface area contributed by atoms with Gasteiger partial charge in [-0.25, -0.2) is 19.2 Å². The smallest absolute Gasteiger partial charge is 0.244 e. The molecule has 0 bridgehead atoms. The van der Waals surface area contributed by atoms with E-state index in [1.165, 1.54) is 16.6 Å². The molecule has 1 aromatic rings. The zero-order valence-electron chi connectivity index (χ0n) is 11.9. The maximum Gasteiger partial charge on any atom is 0.244 e. The third kappa shape index (κ3) is 2.78. The van der Waals surface area contributed by atoms with E-state index in [1.807, 2.05) is 20.9 Å². The lowest BCUT2D eigenvalue weighted by atomic mass is 10.1. The summed E-state index contributed by atoms with van der Waals surface area (Å²) in [6.45, 7) is 5.02. The summed E-state index contributed by atoms with van der Waals surface area (Å²) in [5.41, 5.74) is 2.38. The van der Waals surface area contributed by atoms with E-state index < -0.39 is 10.0 Å². The van der Waals surface area contributed by atoms with E-state index in [2.05, 4.69) is 15.3 Å². The van der Waals surface area contributed by atoms with Gasteiger partial charge in [0.05, 0.1) is 0 Å². The summed E-state index contributed by atoms with van der Waals surface area (Å²) in [4.78, 5) is 6.34. The number of nitrogens with zero attached hydrogens (tertiary/aromatic N) is 3. The van der Waals surface area contributed by atoms with Crippen molar-refractivity contribution in [3.05, 3.63) is 18.3 Å². The molecule has 0 amide bonds. The Balaban J connectivity index is 2.25. The van der Waals surface area contributed by atoms with E-state index in [1.54, 1.807) is 6.07 Å².